The number of carbonyl (C=O) groups is 3. The SMILES string of the molecule is O=C1CCC(=O)[N+]1(O)C(=O)OCl. The summed E-state index contributed by atoms with van der Waals surface area (Å²) < 4.78 is 1.62. The van der Waals surface area contributed by atoms with E-state index < -0.39 is 22.6 Å². The summed E-state index contributed by atoms with van der Waals surface area (Å²) in [6.07, 6.45) is -1.84. The molecule has 0 unspecified atom stereocenters. The maximum absolute atomic E-state index is 10.8. The molecule has 0 atom stereocenters. The van der Waals surface area contributed by atoms with Crippen molar-refractivity contribution >= 4 is 29.8 Å². The number of hydrogen-bond donors (Lipinski definition) is 1. The quantitative estimate of drug-likeness (QED) is 0.341. The van der Waals surface area contributed by atoms with Crippen LogP contribution in [0.4, 0.5) is 4.79 Å². The van der Waals surface area contributed by atoms with Crippen LogP contribution in [-0.4, -0.2) is 27.8 Å². The van der Waals surface area contributed by atoms with Crippen molar-refractivity contribution in [3.05, 3.63) is 0 Å². The van der Waals surface area contributed by atoms with Crippen LogP contribution >= 0.6 is 11.9 Å². The van der Waals surface area contributed by atoms with E-state index in [-0.39, 0.29) is 12.8 Å². The van der Waals surface area contributed by atoms with E-state index in [4.69, 9.17) is 0 Å². The Balaban J connectivity index is 3.02. The zero-order valence-corrected chi connectivity index (χ0v) is 6.58. The summed E-state index contributed by atoms with van der Waals surface area (Å²) in [5.74, 6) is -1.85. The first kappa shape index (κ1) is 9.11. The van der Waals surface area contributed by atoms with Gasteiger partial charge >= 0.3 is 17.9 Å². The lowest BCUT2D eigenvalue weighted by Crippen LogP contribution is -2.53. The van der Waals surface area contributed by atoms with Crippen molar-refractivity contribution in [2.75, 3.05) is 0 Å². The van der Waals surface area contributed by atoms with Gasteiger partial charge in [0.2, 0.25) is 0 Å². The van der Waals surface area contributed by atoms with Crippen LogP contribution < -0.4 is 0 Å². The van der Waals surface area contributed by atoms with E-state index in [0.29, 0.717) is 0 Å². The van der Waals surface area contributed by atoms with E-state index in [1.807, 2.05) is 0 Å². The Labute approximate surface area is 72.0 Å². The van der Waals surface area contributed by atoms with Gasteiger partial charge in [-0.25, -0.2) is 9.59 Å². The highest BCUT2D eigenvalue weighted by atomic mass is 35.5. The minimum absolute atomic E-state index is 0.179. The van der Waals surface area contributed by atoms with Crippen molar-refractivity contribution in [1.29, 1.82) is 0 Å². The van der Waals surface area contributed by atoms with Gasteiger partial charge in [0, 0.05) is 4.65 Å². The first-order valence-corrected chi connectivity index (χ1v) is 3.36. The van der Waals surface area contributed by atoms with Crippen LogP contribution in [0, 0.1) is 0 Å². The third-order valence-corrected chi connectivity index (χ3v) is 1.74. The molecular formula is C5H5ClNO5+. The molecule has 0 aliphatic carbocycles. The minimum atomic E-state index is -1.97. The molecule has 0 spiro atoms. The fourth-order valence-corrected chi connectivity index (χ4v) is 1.03. The first-order valence-electron chi connectivity index (χ1n) is 3.05. The molecule has 1 aliphatic heterocycles. The number of quaternary nitrogens is 1. The maximum atomic E-state index is 10.8. The van der Waals surface area contributed by atoms with E-state index in [0.717, 1.165) is 0 Å². The predicted octanol–water partition coefficient (Wildman–Crippen LogP) is 0.330. The Morgan fingerprint density at radius 3 is 2.17 bits per heavy atom. The second-order valence-corrected chi connectivity index (χ2v) is 2.42. The van der Waals surface area contributed by atoms with Gasteiger partial charge in [0.1, 0.15) is 11.9 Å². The number of amides is 3. The zero-order valence-electron chi connectivity index (χ0n) is 5.82. The Hall–Kier alpha value is -0.980. The molecule has 1 rings (SSSR count). The fourth-order valence-electron chi connectivity index (χ4n) is 0.930. The highest BCUT2D eigenvalue weighted by molar-refractivity contribution is 6.14. The number of hydrogen-bond acceptors (Lipinski definition) is 5. The third-order valence-electron chi connectivity index (χ3n) is 1.60. The molecule has 0 aromatic rings. The van der Waals surface area contributed by atoms with Crippen molar-refractivity contribution in [3.8, 4) is 0 Å². The molecule has 0 radical (unpaired) electrons. The Morgan fingerprint density at radius 1 is 1.42 bits per heavy atom. The van der Waals surface area contributed by atoms with Crippen LogP contribution in [0.15, 0.2) is 0 Å². The lowest BCUT2D eigenvalue weighted by atomic mass is 10.4. The van der Waals surface area contributed by atoms with Crippen molar-refractivity contribution in [3.63, 3.8) is 0 Å². The van der Waals surface area contributed by atoms with E-state index in [1.54, 1.807) is 0 Å². The summed E-state index contributed by atoms with van der Waals surface area (Å²) >= 11 is 4.62. The second kappa shape index (κ2) is 2.81. The maximum Gasteiger partial charge on any atom is 0.584 e. The Morgan fingerprint density at radius 2 is 1.83 bits per heavy atom. The summed E-state index contributed by atoms with van der Waals surface area (Å²) in [5, 5.41) is 9.18. The zero-order chi connectivity index (χ0) is 9.35. The van der Waals surface area contributed by atoms with Crippen LogP contribution in [-0.2, 0) is 13.9 Å². The summed E-state index contributed by atoms with van der Waals surface area (Å²) in [6, 6.07) is 0. The molecule has 6 nitrogen and oxygen atoms in total. The molecule has 1 N–H and O–H groups in total. The number of halogens is 1. The minimum Gasteiger partial charge on any atom is -0.297 e. The molecule has 0 aromatic heterocycles. The summed E-state index contributed by atoms with van der Waals surface area (Å²) in [6.45, 7) is 0. The van der Waals surface area contributed by atoms with Gasteiger partial charge in [-0.1, -0.05) is 0 Å². The number of imide groups is 3. The highest BCUT2D eigenvalue weighted by Gasteiger charge is 2.58. The van der Waals surface area contributed by atoms with Crippen molar-refractivity contribution in [2.24, 2.45) is 0 Å². The average Bonchev–Trinajstić information content (AvgIpc) is 2.32. The van der Waals surface area contributed by atoms with Crippen molar-refractivity contribution in [1.82, 2.24) is 0 Å². The molecule has 1 aliphatic rings. The number of likely N-dealkylation sites (tertiary alicyclic amines) is 1. The van der Waals surface area contributed by atoms with Gasteiger partial charge in [-0.15, -0.1) is 0 Å². The largest absolute Gasteiger partial charge is 0.584 e. The molecule has 0 saturated carbocycles. The second-order valence-electron chi connectivity index (χ2n) is 2.27. The Kier molecular flexibility index (Phi) is 2.14. The van der Waals surface area contributed by atoms with Crippen LogP contribution in [0.25, 0.3) is 0 Å². The van der Waals surface area contributed by atoms with Gasteiger partial charge in [0.15, 0.2) is 0 Å². The standard InChI is InChI=1S/C5H5ClNO5/c6-12-5(10)7(11)3(8)1-2-4(7)9/h11H,1-2H2/q+1. The molecule has 66 valence electrons. The highest BCUT2D eigenvalue weighted by Crippen LogP contribution is 2.21. The van der Waals surface area contributed by atoms with Crippen LogP contribution in [0.5, 0.6) is 0 Å². The number of rotatable bonds is 0. The topological polar surface area (TPSA) is 80.7 Å². The van der Waals surface area contributed by atoms with E-state index >= 15 is 0 Å². The van der Waals surface area contributed by atoms with E-state index in [2.05, 4.69) is 16.2 Å². The van der Waals surface area contributed by atoms with Crippen molar-refractivity contribution < 1.29 is 28.5 Å². The first-order chi connectivity index (χ1) is 5.53. The molecule has 3 amide bonds. The number of carbonyl (C=O) groups excluding carboxylic acids is 3. The molecular weight excluding hydrogens is 190 g/mol. The molecule has 0 aromatic carbocycles. The van der Waals surface area contributed by atoms with Gasteiger partial charge in [0.05, 0.1) is 12.8 Å². The molecule has 0 bridgehead atoms. The van der Waals surface area contributed by atoms with Crippen LogP contribution in [0.1, 0.15) is 12.8 Å². The van der Waals surface area contributed by atoms with Gasteiger partial charge in [-0.2, -0.15) is 10.0 Å². The molecule has 1 saturated heterocycles. The van der Waals surface area contributed by atoms with E-state index in [1.165, 1.54) is 0 Å². The smallest absolute Gasteiger partial charge is 0.297 e. The van der Waals surface area contributed by atoms with Gasteiger partial charge in [-0.05, 0) is 0 Å². The van der Waals surface area contributed by atoms with Crippen LogP contribution in [0.3, 0.4) is 0 Å². The number of hydroxylamine groups is 3. The lowest BCUT2D eigenvalue weighted by Gasteiger charge is -2.11. The molecule has 12 heavy (non-hydrogen) atoms. The summed E-state index contributed by atoms with van der Waals surface area (Å²) in [7, 11) is 0. The Bertz CT molecular complexity index is 247. The predicted molar refractivity (Wildman–Crippen MR) is 33.6 cm³/mol. The monoisotopic (exact) mass is 194 g/mol. The number of nitrogens with zero attached hydrogens (tertiary/aromatic N) is 1. The molecule has 7 heteroatoms. The van der Waals surface area contributed by atoms with Crippen molar-refractivity contribution in [2.45, 2.75) is 12.8 Å². The van der Waals surface area contributed by atoms with Gasteiger partial charge in [0.25, 0.3) is 0 Å². The third kappa shape index (κ3) is 1.01. The average molecular weight is 195 g/mol. The summed E-state index contributed by atoms with van der Waals surface area (Å²) in [5.41, 5.74) is 0. The lowest BCUT2D eigenvalue weighted by molar-refractivity contribution is -0.906. The van der Waals surface area contributed by atoms with Gasteiger partial charge < -0.3 is 0 Å². The van der Waals surface area contributed by atoms with Gasteiger partial charge in [-0.3, -0.25) is 4.29 Å². The van der Waals surface area contributed by atoms with Crippen LogP contribution in [0.2, 0.25) is 0 Å². The summed E-state index contributed by atoms with van der Waals surface area (Å²) in [4.78, 5) is 32.4. The van der Waals surface area contributed by atoms with E-state index in [9.17, 15) is 19.6 Å². The molecule has 1 heterocycles. The fraction of sp³-hybridized carbons (Fsp3) is 0.400. The normalized spacial score (nSPS) is 21.2. The molecule has 1 fully saturated rings.